The third-order valence-corrected chi connectivity index (χ3v) is 5.64. The van der Waals surface area contributed by atoms with Crippen LogP contribution in [-0.4, -0.2) is 41.3 Å². The number of methoxy groups -OCH3 is 1. The summed E-state index contributed by atoms with van der Waals surface area (Å²) >= 11 is 3.29. The number of hydrogen-bond donors (Lipinski definition) is 2. The van der Waals surface area contributed by atoms with Gasteiger partial charge in [-0.1, -0.05) is 12.1 Å². The number of urea groups is 1. The van der Waals surface area contributed by atoms with Gasteiger partial charge in [-0.2, -0.15) is 0 Å². The summed E-state index contributed by atoms with van der Waals surface area (Å²) in [5.41, 5.74) is 0.826. The highest BCUT2D eigenvalue weighted by Crippen LogP contribution is 2.33. The van der Waals surface area contributed by atoms with Crippen LogP contribution in [0.4, 0.5) is 16.2 Å². The Labute approximate surface area is 206 Å². The van der Waals surface area contributed by atoms with Crippen molar-refractivity contribution in [3.05, 3.63) is 80.6 Å². The van der Waals surface area contributed by atoms with Crippen molar-refractivity contribution in [1.82, 2.24) is 10.2 Å². The number of carbonyl (C=O) groups is 3. The lowest BCUT2D eigenvalue weighted by Gasteiger charge is -2.13. The lowest BCUT2D eigenvalue weighted by molar-refractivity contribution is -0.384. The van der Waals surface area contributed by atoms with Gasteiger partial charge >= 0.3 is 6.03 Å². The molecule has 1 saturated heterocycles. The van der Waals surface area contributed by atoms with Gasteiger partial charge in [0.15, 0.2) is 0 Å². The smallest absolute Gasteiger partial charge is 0.329 e. The van der Waals surface area contributed by atoms with E-state index in [9.17, 15) is 24.5 Å². The van der Waals surface area contributed by atoms with Crippen molar-refractivity contribution in [3.63, 3.8) is 0 Å². The second kappa shape index (κ2) is 9.81. The molecule has 2 N–H and O–H groups in total. The molecule has 178 valence electrons. The van der Waals surface area contributed by atoms with E-state index in [-0.39, 0.29) is 17.1 Å². The van der Waals surface area contributed by atoms with Crippen LogP contribution in [0.2, 0.25) is 0 Å². The van der Waals surface area contributed by atoms with Gasteiger partial charge in [0.2, 0.25) is 5.91 Å². The molecule has 3 aromatic rings. The number of nitrogens with zero attached hydrogens (tertiary/aromatic N) is 2. The summed E-state index contributed by atoms with van der Waals surface area (Å²) in [5.74, 6) is -0.188. The molecular formula is C23H17BrN4O7. The number of furan rings is 1. The largest absolute Gasteiger partial charge is 0.495 e. The lowest BCUT2D eigenvalue weighted by Crippen LogP contribution is -2.38. The fourth-order valence-electron chi connectivity index (χ4n) is 3.33. The normalized spacial score (nSPS) is 14.2. The first kappa shape index (κ1) is 23.7. The highest BCUT2D eigenvalue weighted by Gasteiger charge is 2.35. The molecule has 35 heavy (non-hydrogen) atoms. The van der Waals surface area contributed by atoms with Gasteiger partial charge in [-0.15, -0.1) is 0 Å². The fraction of sp³-hybridized carbons (Fsp3) is 0.0870. The fourth-order valence-corrected chi connectivity index (χ4v) is 3.89. The topological polar surface area (TPSA) is 144 Å². The van der Waals surface area contributed by atoms with Gasteiger partial charge in [-0.05, 0) is 46.3 Å². The molecule has 12 heteroatoms. The van der Waals surface area contributed by atoms with E-state index in [0.717, 1.165) is 4.90 Å². The Bertz CT molecular complexity index is 1380. The molecule has 0 radical (unpaired) electrons. The van der Waals surface area contributed by atoms with E-state index in [2.05, 4.69) is 26.6 Å². The van der Waals surface area contributed by atoms with Crippen LogP contribution in [0.5, 0.6) is 5.75 Å². The number of amides is 4. The maximum absolute atomic E-state index is 12.7. The minimum atomic E-state index is -0.749. The minimum absolute atomic E-state index is 0.0660. The predicted molar refractivity (Wildman–Crippen MR) is 128 cm³/mol. The minimum Gasteiger partial charge on any atom is -0.495 e. The van der Waals surface area contributed by atoms with E-state index in [1.54, 1.807) is 36.4 Å². The molecular weight excluding hydrogens is 524 g/mol. The van der Waals surface area contributed by atoms with E-state index in [1.165, 1.54) is 31.4 Å². The maximum Gasteiger partial charge on any atom is 0.329 e. The van der Waals surface area contributed by atoms with Gasteiger partial charge in [-0.25, -0.2) is 9.69 Å². The number of anilines is 1. The van der Waals surface area contributed by atoms with E-state index in [1.807, 2.05) is 0 Å². The standard InChI is InChI=1S/C23H17BrN4O7/c1-34-20-5-3-2-4-17(20)25-21(29)12-27-22(30)18(26-23(27)31)11-14-7-9-19(35-14)15-8-6-13(28(32)33)10-16(15)24/h2-11H,12H2,1H3,(H,25,29)(H,26,31)/b18-11-. The van der Waals surface area contributed by atoms with Gasteiger partial charge in [0, 0.05) is 28.2 Å². The zero-order valence-corrected chi connectivity index (χ0v) is 19.7. The van der Waals surface area contributed by atoms with Crippen LogP contribution in [-0.2, 0) is 9.59 Å². The molecule has 1 fully saturated rings. The van der Waals surface area contributed by atoms with Crippen molar-refractivity contribution in [3.8, 4) is 17.1 Å². The number of non-ortho nitro benzene ring substituents is 1. The Balaban J connectivity index is 1.47. The van der Waals surface area contributed by atoms with Gasteiger partial charge in [-0.3, -0.25) is 19.7 Å². The number of nitro groups is 1. The van der Waals surface area contributed by atoms with Crippen molar-refractivity contribution in [2.24, 2.45) is 0 Å². The van der Waals surface area contributed by atoms with E-state index in [0.29, 0.717) is 27.2 Å². The van der Waals surface area contributed by atoms with Crippen molar-refractivity contribution in [2.75, 3.05) is 19.0 Å². The van der Waals surface area contributed by atoms with E-state index < -0.39 is 29.3 Å². The summed E-state index contributed by atoms with van der Waals surface area (Å²) in [4.78, 5) is 48.6. The average Bonchev–Trinajstić information content (AvgIpc) is 3.39. The molecule has 1 aliphatic heterocycles. The van der Waals surface area contributed by atoms with Crippen LogP contribution in [0.1, 0.15) is 5.76 Å². The molecule has 0 saturated carbocycles. The monoisotopic (exact) mass is 540 g/mol. The first-order valence-electron chi connectivity index (χ1n) is 10.1. The number of ether oxygens (including phenoxy) is 1. The Morgan fingerprint density at radius 3 is 2.71 bits per heavy atom. The van der Waals surface area contributed by atoms with Gasteiger partial charge in [0.25, 0.3) is 11.6 Å². The average molecular weight is 541 g/mol. The van der Waals surface area contributed by atoms with Crippen molar-refractivity contribution in [1.29, 1.82) is 0 Å². The van der Waals surface area contributed by atoms with Gasteiger partial charge < -0.3 is 19.8 Å². The Morgan fingerprint density at radius 2 is 2.00 bits per heavy atom. The van der Waals surface area contributed by atoms with Crippen molar-refractivity contribution >= 4 is 51.2 Å². The number of carbonyl (C=O) groups excluding carboxylic acids is 3. The summed E-state index contributed by atoms with van der Waals surface area (Å²) in [6.45, 7) is -0.501. The highest BCUT2D eigenvalue weighted by molar-refractivity contribution is 9.10. The number of halogens is 1. The number of hydrogen-bond acceptors (Lipinski definition) is 7. The molecule has 4 amide bonds. The van der Waals surface area contributed by atoms with Crippen LogP contribution in [0.3, 0.4) is 0 Å². The summed E-state index contributed by atoms with van der Waals surface area (Å²) in [7, 11) is 1.46. The van der Waals surface area contributed by atoms with Crippen molar-refractivity contribution in [2.45, 2.75) is 0 Å². The summed E-state index contributed by atoms with van der Waals surface area (Å²) in [5, 5.41) is 16.0. The Hall–Kier alpha value is -4.45. The molecule has 4 rings (SSSR count). The van der Waals surface area contributed by atoms with Crippen LogP contribution in [0.15, 0.2) is 69.2 Å². The molecule has 0 aliphatic carbocycles. The molecule has 2 heterocycles. The third-order valence-electron chi connectivity index (χ3n) is 4.99. The van der Waals surface area contributed by atoms with Gasteiger partial charge in [0.1, 0.15) is 29.5 Å². The van der Waals surface area contributed by atoms with E-state index in [4.69, 9.17) is 9.15 Å². The van der Waals surface area contributed by atoms with Gasteiger partial charge in [0.05, 0.1) is 17.7 Å². The summed E-state index contributed by atoms with van der Waals surface area (Å²) in [6.07, 6.45) is 1.33. The molecule has 1 aromatic heterocycles. The van der Waals surface area contributed by atoms with E-state index >= 15 is 0 Å². The predicted octanol–water partition coefficient (Wildman–Crippen LogP) is 4.16. The van der Waals surface area contributed by atoms with Crippen molar-refractivity contribution < 1.29 is 28.5 Å². The molecule has 0 unspecified atom stereocenters. The number of nitrogens with one attached hydrogen (secondary N) is 2. The third kappa shape index (κ3) is 5.06. The number of rotatable bonds is 7. The zero-order valence-electron chi connectivity index (χ0n) is 18.1. The van der Waals surface area contributed by atoms with Crippen LogP contribution in [0.25, 0.3) is 17.4 Å². The maximum atomic E-state index is 12.7. The first-order valence-corrected chi connectivity index (χ1v) is 10.9. The Kier molecular flexibility index (Phi) is 6.64. The molecule has 11 nitrogen and oxygen atoms in total. The second-order valence-corrected chi connectivity index (χ2v) is 8.11. The van der Waals surface area contributed by atoms with Crippen LogP contribution >= 0.6 is 15.9 Å². The molecule has 0 atom stereocenters. The number of benzene rings is 2. The summed E-state index contributed by atoms with van der Waals surface area (Å²) in [6, 6.07) is 13.4. The molecule has 1 aliphatic rings. The molecule has 2 aromatic carbocycles. The second-order valence-electron chi connectivity index (χ2n) is 7.25. The Morgan fingerprint density at radius 1 is 1.23 bits per heavy atom. The molecule has 0 bridgehead atoms. The van der Waals surface area contributed by atoms with Crippen LogP contribution < -0.4 is 15.4 Å². The molecule has 0 spiro atoms. The quantitative estimate of drug-likeness (QED) is 0.198. The summed E-state index contributed by atoms with van der Waals surface area (Å²) < 4.78 is 11.4. The number of para-hydroxylation sites is 2. The zero-order chi connectivity index (χ0) is 25.1. The van der Waals surface area contributed by atoms with Crippen LogP contribution in [0, 0.1) is 10.1 Å². The first-order chi connectivity index (χ1) is 16.8. The number of nitro benzene ring substituents is 1. The SMILES string of the molecule is COc1ccccc1NC(=O)CN1C(=O)N/C(=C\c2ccc(-c3ccc([N+](=O)[O-])cc3Br)o2)C1=O. The lowest BCUT2D eigenvalue weighted by atomic mass is 10.1. The highest BCUT2D eigenvalue weighted by atomic mass is 79.9. The number of imide groups is 1.